The average Bonchev–Trinajstić information content (AvgIpc) is 2.94. The third kappa shape index (κ3) is 3.42. The lowest BCUT2D eigenvalue weighted by Gasteiger charge is -2.20. The Balaban J connectivity index is 2.39. The molecular weight excluding hydrogens is 282 g/mol. The van der Waals surface area contributed by atoms with Gasteiger partial charge in [-0.25, -0.2) is 4.79 Å². The summed E-state index contributed by atoms with van der Waals surface area (Å²) < 4.78 is 17.4. The van der Waals surface area contributed by atoms with Crippen molar-refractivity contribution in [2.24, 2.45) is 0 Å². The molecule has 0 atom stereocenters. The first-order valence-electron chi connectivity index (χ1n) is 6.99. The first-order valence-corrected chi connectivity index (χ1v) is 6.99. The molecule has 5 nitrogen and oxygen atoms in total. The van der Waals surface area contributed by atoms with E-state index in [1.807, 2.05) is 39.0 Å². The predicted molar refractivity (Wildman–Crippen MR) is 84.6 cm³/mol. The second-order valence-corrected chi connectivity index (χ2v) is 5.81. The summed E-state index contributed by atoms with van der Waals surface area (Å²) in [6, 6.07) is 9.16. The Morgan fingerprint density at radius 3 is 2.32 bits per heavy atom. The minimum atomic E-state index is -0.545. The molecule has 1 heterocycles. The fourth-order valence-electron chi connectivity index (χ4n) is 2.08. The highest BCUT2D eigenvalue weighted by molar-refractivity contribution is 5.79. The van der Waals surface area contributed by atoms with E-state index in [1.165, 1.54) is 4.57 Å². The molecule has 1 aromatic carbocycles. The van der Waals surface area contributed by atoms with Crippen molar-refractivity contribution in [2.75, 3.05) is 14.2 Å². The van der Waals surface area contributed by atoms with Crippen LogP contribution < -0.4 is 9.47 Å². The molecule has 2 rings (SSSR count). The SMILES string of the molecule is COc1ccc(-c2cccn2C(=O)OC(C)(C)C)cc1OC. The summed E-state index contributed by atoms with van der Waals surface area (Å²) in [5, 5.41) is 0. The molecule has 0 spiro atoms. The molecule has 0 saturated carbocycles. The van der Waals surface area contributed by atoms with Gasteiger partial charge in [-0.2, -0.15) is 0 Å². The quantitative estimate of drug-likeness (QED) is 0.861. The van der Waals surface area contributed by atoms with Gasteiger partial charge in [0.05, 0.1) is 19.9 Å². The minimum absolute atomic E-state index is 0.415. The molecule has 0 unspecified atom stereocenters. The van der Waals surface area contributed by atoms with E-state index in [4.69, 9.17) is 14.2 Å². The molecule has 0 aliphatic heterocycles. The van der Waals surface area contributed by atoms with Gasteiger partial charge in [0.1, 0.15) is 5.60 Å². The maximum absolute atomic E-state index is 12.3. The van der Waals surface area contributed by atoms with Crippen LogP contribution in [0.2, 0.25) is 0 Å². The zero-order valence-corrected chi connectivity index (χ0v) is 13.5. The van der Waals surface area contributed by atoms with Gasteiger partial charge in [-0.15, -0.1) is 0 Å². The molecule has 0 amide bonds. The van der Waals surface area contributed by atoms with Crippen LogP contribution in [0.1, 0.15) is 20.8 Å². The summed E-state index contributed by atoms with van der Waals surface area (Å²) in [6.07, 6.45) is 1.27. The standard InChI is InChI=1S/C17H21NO4/c1-17(2,3)22-16(19)18-10-6-7-13(18)12-8-9-14(20-4)15(11-12)21-5/h6-11H,1-5H3. The number of ether oxygens (including phenoxy) is 3. The first kappa shape index (κ1) is 15.9. The summed E-state index contributed by atoms with van der Waals surface area (Å²) in [4.78, 5) is 12.3. The number of rotatable bonds is 3. The zero-order valence-electron chi connectivity index (χ0n) is 13.5. The number of hydrogen-bond donors (Lipinski definition) is 0. The number of hydrogen-bond acceptors (Lipinski definition) is 4. The van der Waals surface area contributed by atoms with Crippen molar-refractivity contribution in [3.8, 4) is 22.8 Å². The van der Waals surface area contributed by atoms with Gasteiger partial charge in [0.2, 0.25) is 0 Å². The number of carbonyl (C=O) groups excluding carboxylic acids is 1. The van der Waals surface area contributed by atoms with Crippen LogP contribution in [0.5, 0.6) is 11.5 Å². The van der Waals surface area contributed by atoms with Crippen molar-refractivity contribution >= 4 is 6.09 Å². The summed E-state index contributed by atoms with van der Waals surface area (Å²) in [5.41, 5.74) is 1.03. The van der Waals surface area contributed by atoms with Crippen molar-refractivity contribution in [3.05, 3.63) is 36.5 Å². The van der Waals surface area contributed by atoms with Crippen LogP contribution in [-0.4, -0.2) is 30.5 Å². The number of carbonyl (C=O) groups is 1. The smallest absolute Gasteiger partial charge is 0.418 e. The van der Waals surface area contributed by atoms with E-state index in [0.29, 0.717) is 11.5 Å². The first-order chi connectivity index (χ1) is 10.4. The molecule has 2 aromatic rings. The molecule has 0 bridgehead atoms. The van der Waals surface area contributed by atoms with E-state index in [9.17, 15) is 4.79 Å². The lowest BCUT2D eigenvalue weighted by Crippen LogP contribution is -2.27. The van der Waals surface area contributed by atoms with E-state index in [0.717, 1.165) is 11.3 Å². The Morgan fingerprint density at radius 2 is 1.73 bits per heavy atom. The van der Waals surface area contributed by atoms with Crippen LogP contribution in [0, 0.1) is 0 Å². The summed E-state index contributed by atoms with van der Waals surface area (Å²) in [7, 11) is 3.16. The van der Waals surface area contributed by atoms with Crippen molar-refractivity contribution in [2.45, 2.75) is 26.4 Å². The normalized spacial score (nSPS) is 11.1. The second-order valence-electron chi connectivity index (χ2n) is 5.81. The van der Waals surface area contributed by atoms with E-state index in [2.05, 4.69) is 0 Å². The molecule has 0 N–H and O–H groups in total. The van der Waals surface area contributed by atoms with Crippen LogP contribution in [0.4, 0.5) is 4.79 Å². The largest absolute Gasteiger partial charge is 0.493 e. The molecule has 0 fully saturated rings. The van der Waals surface area contributed by atoms with Crippen molar-refractivity contribution in [3.63, 3.8) is 0 Å². The van der Waals surface area contributed by atoms with E-state index >= 15 is 0 Å². The van der Waals surface area contributed by atoms with Crippen LogP contribution >= 0.6 is 0 Å². The number of methoxy groups -OCH3 is 2. The number of benzene rings is 1. The van der Waals surface area contributed by atoms with E-state index in [-0.39, 0.29) is 0 Å². The molecule has 0 radical (unpaired) electrons. The van der Waals surface area contributed by atoms with Gasteiger partial charge in [0.15, 0.2) is 11.5 Å². The molecule has 0 aliphatic rings. The Morgan fingerprint density at radius 1 is 1.05 bits per heavy atom. The molecule has 22 heavy (non-hydrogen) atoms. The van der Waals surface area contributed by atoms with Gasteiger partial charge in [0.25, 0.3) is 0 Å². The van der Waals surface area contributed by atoms with Crippen molar-refractivity contribution in [1.29, 1.82) is 0 Å². The Hall–Kier alpha value is -2.43. The van der Waals surface area contributed by atoms with Gasteiger partial charge in [0, 0.05) is 11.8 Å². The van der Waals surface area contributed by atoms with Crippen LogP contribution in [0.3, 0.4) is 0 Å². The predicted octanol–water partition coefficient (Wildman–Crippen LogP) is 3.96. The molecule has 118 valence electrons. The molecule has 1 aromatic heterocycles. The summed E-state index contributed by atoms with van der Waals surface area (Å²) in [6.45, 7) is 5.51. The van der Waals surface area contributed by atoms with Crippen LogP contribution in [0.15, 0.2) is 36.5 Å². The number of nitrogens with zero attached hydrogens (tertiary/aromatic N) is 1. The fraction of sp³-hybridized carbons (Fsp3) is 0.353. The maximum Gasteiger partial charge on any atom is 0.418 e. The molecule has 0 saturated heterocycles. The van der Waals surface area contributed by atoms with E-state index in [1.54, 1.807) is 32.5 Å². The Kier molecular flexibility index (Phi) is 4.45. The third-order valence-corrected chi connectivity index (χ3v) is 3.02. The highest BCUT2D eigenvalue weighted by Gasteiger charge is 2.20. The van der Waals surface area contributed by atoms with Gasteiger partial charge in [-0.05, 0) is 51.1 Å². The number of aromatic nitrogens is 1. The minimum Gasteiger partial charge on any atom is -0.493 e. The highest BCUT2D eigenvalue weighted by Crippen LogP contribution is 2.32. The second kappa shape index (κ2) is 6.13. The lowest BCUT2D eigenvalue weighted by atomic mass is 10.1. The third-order valence-electron chi connectivity index (χ3n) is 3.02. The van der Waals surface area contributed by atoms with Gasteiger partial charge in [-0.3, -0.25) is 4.57 Å². The van der Waals surface area contributed by atoms with Gasteiger partial charge in [-0.1, -0.05) is 0 Å². The van der Waals surface area contributed by atoms with Gasteiger partial charge >= 0.3 is 6.09 Å². The van der Waals surface area contributed by atoms with E-state index < -0.39 is 11.7 Å². The Labute approximate surface area is 130 Å². The van der Waals surface area contributed by atoms with Crippen LogP contribution in [0.25, 0.3) is 11.3 Å². The average molecular weight is 303 g/mol. The van der Waals surface area contributed by atoms with Gasteiger partial charge < -0.3 is 14.2 Å². The maximum atomic E-state index is 12.3. The van der Waals surface area contributed by atoms with Crippen molar-refractivity contribution in [1.82, 2.24) is 4.57 Å². The topological polar surface area (TPSA) is 49.7 Å². The Bertz CT molecular complexity index is 668. The zero-order chi connectivity index (χ0) is 16.3. The molecular formula is C17H21NO4. The van der Waals surface area contributed by atoms with Crippen molar-refractivity contribution < 1.29 is 19.0 Å². The monoisotopic (exact) mass is 303 g/mol. The summed E-state index contributed by atoms with van der Waals surface area (Å²) >= 11 is 0. The molecule has 5 heteroatoms. The van der Waals surface area contributed by atoms with Crippen LogP contribution in [-0.2, 0) is 4.74 Å². The lowest BCUT2D eigenvalue weighted by molar-refractivity contribution is 0.0540. The molecule has 0 aliphatic carbocycles. The highest BCUT2D eigenvalue weighted by atomic mass is 16.6. The fourth-order valence-corrected chi connectivity index (χ4v) is 2.08. The summed E-state index contributed by atoms with van der Waals surface area (Å²) in [5.74, 6) is 1.25.